The molecule has 3 rings (SSSR count). The maximum Gasteiger partial charge on any atom is 0.211 e. The highest BCUT2D eigenvalue weighted by atomic mass is 35.5. The van der Waals surface area contributed by atoms with Crippen molar-refractivity contribution < 1.29 is 8.42 Å². The number of alkyl halides is 1. The Labute approximate surface area is 127 Å². The number of hydrogen-bond acceptors (Lipinski definition) is 3. The standard InChI is InChI=1S/C14H25ClN2O2S/c1-20(18,19)16-6-2-3-11(9-16)10-17-13-4-5-14(17)8-12(15)7-13/h11-14H,2-10H2,1H3. The van der Waals surface area contributed by atoms with Crippen molar-refractivity contribution >= 4 is 21.6 Å². The van der Waals surface area contributed by atoms with Crippen LogP contribution < -0.4 is 0 Å². The van der Waals surface area contributed by atoms with Gasteiger partial charge in [0, 0.05) is 37.1 Å². The van der Waals surface area contributed by atoms with Crippen LogP contribution in [0.5, 0.6) is 0 Å². The molecule has 0 aromatic carbocycles. The summed E-state index contributed by atoms with van der Waals surface area (Å²) in [5.41, 5.74) is 0. The number of hydrogen-bond donors (Lipinski definition) is 0. The van der Waals surface area contributed by atoms with Crippen molar-refractivity contribution in [1.29, 1.82) is 0 Å². The number of fused-ring (bicyclic) bond motifs is 2. The first kappa shape index (κ1) is 15.1. The van der Waals surface area contributed by atoms with Gasteiger partial charge in [0.1, 0.15) is 0 Å². The third-order valence-electron chi connectivity index (χ3n) is 5.25. The van der Waals surface area contributed by atoms with Crippen LogP contribution in [-0.2, 0) is 10.0 Å². The molecule has 0 radical (unpaired) electrons. The van der Waals surface area contributed by atoms with Gasteiger partial charge >= 0.3 is 0 Å². The minimum Gasteiger partial charge on any atom is -0.297 e. The fourth-order valence-corrected chi connectivity index (χ4v) is 5.63. The first-order chi connectivity index (χ1) is 9.43. The van der Waals surface area contributed by atoms with Crippen molar-refractivity contribution in [1.82, 2.24) is 9.21 Å². The van der Waals surface area contributed by atoms with Gasteiger partial charge in [-0.25, -0.2) is 12.7 Å². The Morgan fingerprint density at radius 3 is 2.40 bits per heavy atom. The van der Waals surface area contributed by atoms with Gasteiger partial charge in [0.25, 0.3) is 0 Å². The van der Waals surface area contributed by atoms with Crippen LogP contribution in [0, 0.1) is 5.92 Å². The van der Waals surface area contributed by atoms with E-state index in [1.807, 2.05) is 0 Å². The number of halogens is 1. The van der Waals surface area contributed by atoms with Crippen LogP contribution in [0.2, 0.25) is 0 Å². The molecule has 0 aromatic rings. The molecule has 20 heavy (non-hydrogen) atoms. The Balaban J connectivity index is 1.61. The normalized spacial score (nSPS) is 40.1. The van der Waals surface area contributed by atoms with Crippen molar-refractivity contribution in [3.8, 4) is 0 Å². The maximum atomic E-state index is 11.7. The second-order valence-electron chi connectivity index (χ2n) is 6.78. The first-order valence-corrected chi connectivity index (χ1v) is 10.1. The van der Waals surface area contributed by atoms with E-state index in [0.29, 0.717) is 36.5 Å². The second-order valence-corrected chi connectivity index (χ2v) is 9.38. The molecule has 3 aliphatic heterocycles. The highest BCUT2D eigenvalue weighted by Crippen LogP contribution is 2.38. The average molecular weight is 321 g/mol. The van der Waals surface area contributed by atoms with Crippen LogP contribution in [0.15, 0.2) is 0 Å². The molecule has 4 nitrogen and oxygen atoms in total. The topological polar surface area (TPSA) is 40.6 Å². The van der Waals surface area contributed by atoms with Crippen LogP contribution >= 0.6 is 11.6 Å². The quantitative estimate of drug-likeness (QED) is 0.746. The summed E-state index contributed by atoms with van der Waals surface area (Å²) < 4.78 is 25.1. The zero-order valence-electron chi connectivity index (χ0n) is 12.2. The van der Waals surface area contributed by atoms with Gasteiger partial charge in [0.15, 0.2) is 0 Å². The molecule has 3 unspecified atom stereocenters. The predicted molar refractivity (Wildman–Crippen MR) is 81.5 cm³/mol. The van der Waals surface area contributed by atoms with Gasteiger partial charge in [-0.3, -0.25) is 4.90 Å². The van der Waals surface area contributed by atoms with Crippen molar-refractivity contribution in [2.24, 2.45) is 5.92 Å². The smallest absolute Gasteiger partial charge is 0.211 e. The predicted octanol–water partition coefficient (Wildman–Crippen LogP) is 1.89. The Morgan fingerprint density at radius 1 is 1.15 bits per heavy atom. The SMILES string of the molecule is CS(=O)(=O)N1CCCC(CN2C3CCC2CC(Cl)C3)C1. The van der Waals surface area contributed by atoms with E-state index in [0.717, 1.165) is 32.2 Å². The van der Waals surface area contributed by atoms with Crippen LogP contribution in [0.1, 0.15) is 38.5 Å². The fourth-order valence-electron chi connectivity index (χ4n) is 4.28. The average Bonchev–Trinajstić information content (AvgIpc) is 2.61. The van der Waals surface area contributed by atoms with Gasteiger partial charge in [0.05, 0.1) is 6.26 Å². The van der Waals surface area contributed by atoms with Gasteiger partial charge in [-0.2, -0.15) is 0 Å². The zero-order chi connectivity index (χ0) is 14.3. The molecule has 0 N–H and O–H groups in total. The summed E-state index contributed by atoms with van der Waals surface area (Å²) >= 11 is 6.32. The monoisotopic (exact) mass is 320 g/mol. The van der Waals surface area contributed by atoms with Gasteiger partial charge in [-0.05, 0) is 44.4 Å². The lowest BCUT2D eigenvalue weighted by Crippen LogP contribution is -2.49. The molecular weight excluding hydrogens is 296 g/mol. The fraction of sp³-hybridized carbons (Fsp3) is 1.00. The minimum absolute atomic E-state index is 0.350. The summed E-state index contributed by atoms with van der Waals surface area (Å²) in [5, 5.41) is 0.350. The van der Waals surface area contributed by atoms with Crippen molar-refractivity contribution in [3.63, 3.8) is 0 Å². The summed E-state index contributed by atoms with van der Waals surface area (Å²) in [7, 11) is -3.03. The maximum absolute atomic E-state index is 11.7. The Bertz CT molecular complexity index is 442. The Morgan fingerprint density at radius 2 is 1.80 bits per heavy atom. The molecule has 6 heteroatoms. The van der Waals surface area contributed by atoms with Gasteiger partial charge in [-0.1, -0.05) is 0 Å². The van der Waals surface area contributed by atoms with Crippen molar-refractivity contribution in [2.75, 3.05) is 25.9 Å². The molecule has 3 aliphatic rings. The highest BCUT2D eigenvalue weighted by Gasteiger charge is 2.41. The molecular formula is C14H25ClN2O2S. The van der Waals surface area contributed by atoms with E-state index in [2.05, 4.69) is 4.90 Å². The number of nitrogens with zero attached hydrogens (tertiary/aromatic N) is 2. The molecule has 0 saturated carbocycles. The molecule has 0 amide bonds. The molecule has 2 bridgehead atoms. The lowest BCUT2D eigenvalue weighted by molar-refractivity contribution is 0.101. The van der Waals surface area contributed by atoms with Gasteiger partial charge in [0.2, 0.25) is 10.0 Å². The molecule has 0 aliphatic carbocycles. The van der Waals surface area contributed by atoms with E-state index in [-0.39, 0.29) is 0 Å². The summed E-state index contributed by atoms with van der Waals surface area (Å²) in [6, 6.07) is 1.29. The van der Waals surface area contributed by atoms with Gasteiger partial charge < -0.3 is 0 Å². The molecule has 0 spiro atoms. The summed E-state index contributed by atoms with van der Waals surface area (Å²) in [4.78, 5) is 2.63. The summed E-state index contributed by atoms with van der Waals surface area (Å²) in [6.45, 7) is 2.47. The minimum atomic E-state index is -3.03. The molecule has 3 fully saturated rings. The Hall–Kier alpha value is 0.160. The summed E-state index contributed by atoms with van der Waals surface area (Å²) in [5.74, 6) is 0.494. The van der Waals surface area contributed by atoms with Crippen LogP contribution in [0.3, 0.4) is 0 Å². The van der Waals surface area contributed by atoms with Crippen LogP contribution in [0.25, 0.3) is 0 Å². The van der Waals surface area contributed by atoms with E-state index >= 15 is 0 Å². The van der Waals surface area contributed by atoms with E-state index in [1.54, 1.807) is 4.31 Å². The van der Waals surface area contributed by atoms with Crippen LogP contribution in [0.4, 0.5) is 0 Å². The first-order valence-electron chi connectivity index (χ1n) is 7.78. The molecule has 116 valence electrons. The third-order valence-corrected chi connectivity index (χ3v) is 6.87. The van der Waals surface area contributed by atoms with Crippen LogP contribution in [-0.4, -0.2) is 61.0 Å². The van der Waals surface area contributed by atoms with E-state index in [9.17, 15) is 8.42 Å². The molecule has 3 atom stereocenters. The molecule has 3 saturated heterocycles. The van der Waals surface area contributed by atoms with Gasteiger partial charge in [-0.15, -0.1) is 11.6 Å². The lowest BCUT2D eigenvalue weighted by atomic mass is 9.95. The van der Waals surface area contributed by atoms with E-state index < -0.39 is 10.0 Å². The zero-order valence-corrected chi connectivity index (χ0v) is 13.7. The summed E-state index contributed by atoms with van der Waals surface area (Å²) in [6.07, 6.45) is 8.26. The van der Waals surface area contributed by atoms with E-state index in [1.165, 1.54) is 19.1 Å². The molecule has 3 heterocycles. The van der Waals surface area contributed by atoms with E-state index in [4.69, 9.17) is 11.6 Å². The van der Waals surface area contributed by atoms with Crippen molar-refractivity contribution in [3.05, 3.63) is 0 Å². The number of rotatable bonds is 3. The number of sulfonamides is 1. The lowest BCUT2D eigenvalue weighted by Gasteiger charge is -2.41. The third kappa shape index (κ3) is 3.16. The molecule has 0 aromatic heterocycles. The Kier molecular flexibility index (Phi) is 4.33. The second kappa shape index (κ2) is 5.75. The number of piperidine rings is 2. The largest absolute Gasteiger partial charge is 0.297 e. The van der Waals surface area contributed by atoms with Crippen molar-refractivity contribution in [2.45, 2.75) is 56.0 Å². The highest BCUT2D eigenvalue weighted by molar-refractivity contribution is 7.88.